The van der Waals surface area contributed by atoms with E-state index in [-0.39, 0.29) is 5.91 Å². The molecule has 0 unspecified atom stereocenters. The number of nitrogens with two attached hydrogens (primary N) is 1. The van der Waals surface area contributed by atoms with Crippen LogP contribution in [0.1, 0.15) is 15.9 Å². The van der Waals surface area contributed by atoms with Crippen LogP contribution >= 0.6 is 31.9 Å². The smallest absolute Gasteiger partial charge is 0.256 e. The lowest BCUT2D eigenvalue weighted by Gasteiger charge is -2.11. The van der Waals surface area contributed by atoms with Gasteiger partial charge in [0.25, 0.3) is 5.91 Å². The number of rotatable bonds is 2. The number of benzene rings is 2. The third kappa shape index (κ3) is 3.16. The summed E-state index contributed by atoms with van der Waals surface area (Å²) in [7, 11) is 0. The van der Waals surface area contributed by atoms with Gasteiger partial charge >= 0.3 is 0 Å². The molecule has 0 spiro atoms. The van der Waals surface area contributed by atoms with Gasteiger partial charge in [-0.3, -0.25) is 4.79 Å². The van der Waals surface area contributed by atoms with Crippen LogP contribution in [0.25, 0.3) is 0 Å². The number of carbonyl (C=O) groups excluding carboxylic acids is 1. The Bertz CT molecular complexity index is 641. The van der Waals surface area contributed by atoms with Crippen LogP contribution in [0, 0.1) is 6.92 Å². The molecular weight excluding hydrogens is 372 g/mol. The van der Waals surface area contributed by atoms with Crippen LogP contribution < -0.4 is 11.1 Å². The van der Waals surface area contributed by atoms with Gasteiger partial charge in [0.2, 0.25) is 0 Å². The summed E-state index contributed by atoms with van der Waals surface area (Å²) in [6.07, 6.45) is 0. The molecule has 2 rings (SSSR count). The minimum absolute atomic E-state index is 0.173. The van der Waals surface area contributed by atoms with E-state index in [9.17, 15) is 4.79 Å². The van der Waals surface area contributed by atoms with Gasteiger partial charge in [-0.2, -0.15) is 0 Å². The predicted octanol–water partition coefficient (Wildman–Crippen LogP) is 4.35. The molecule has 19 heavy (non-hydrogen) atoms. The van der Waals surface area contributed by atoms with Crippen molar-refractivity contribution in [2.45, 2.75) is 6.92 Å². The summed E-state index contributed by atoms with van der Waals surface area (Å²) >= 11 is 6.73. The maximum Gasteiger partial charge on any atom is 0.256 e. The zero-order valence-electron chi connectivity index (χ0n) is 10.2. The average Bonchev–Trinajstić information content (AvgIpc) is 2.34. The second-order valence-electron chi connectivity index (χ2n) is 4.10. The SMILES string of the molecule is Cc1c(N)cccc1NC(=O)c1ccc(Br)cc1Br. The van der Waals surface area contributed by atoms with E-state index in [1.54, 1.807) is 12.1 Å². The van der Waals surface area contributed by atoms with Crippen molar-refractivity contribution in [1.29, 1.82) is 0 Å². The first kappa shape index (κ1) is 14.1. The van der Waals surface area contributed by atoms with E-state index in [0.717, 1.165) is 20.2 Å². The summed E-state index contributed by atoms with van der Waals surface area (Å²) in [4.78, 5) is 12.2. The first-order valence-corrected chi connectivity index (χ1v) is 7.19. The van der Waals surface area contributed by atoms with Gasteiger partial charge in [-0.05, 0) is 58.7 Å². The van der Waals surface area contributed by atoms with E-state index >= 15 is 0 Å². The van der Waals surface area contributed by atoms with Gasteiger partial charge in [-0.15, -0.1) is 0 Å². The normalized spacial score (nSPS) is 10.3. The number of amides is 1. The lowest BCUT2D eigenvalue weighted by Crippen LogP contribution is -2.13. The van der Waals surface area contributed by atoms with E-state index in [1.165, 1.54) is 0 Å². The Morgan fingerprint density at radius 3 is 2.63 bits per heavy atom. The van der Waals surface area contributed by atoms with Crippen LogP contribution in [-0.4, -0.2) is 5.91 Å². The highest BCUT2D eigenvalue weighted by Crippen LogP contribution is 2.25. The molecule has 98 valence electrons. The molecule has 3 N–H and O–H groups in total. The van der Waals surface area contributed by atoms with Crippen molar-refractivity contribution in [2.24, 2.45) is 0 Å². The van der Waals surface area contributed by atoms with E-state index in [4.69, 9.17) is 5.73 Å². The Morgan fingerprint density at radius 2 is 1.95 bits per heavy atom. The fourth-order valence-corrected chi connectivity index (χ4v) is 2.88. The Kier molecular flexibility index (Phi) is 4.27. The second kappa shape index (κ2) is 5.75. The van der Waals surface area contributed by atoms with E-state index < -0.39 is 0 Å². The third-order valence-electron chi connectivity index (χ3n) is 2.80. The highest BCUT2D eigenvalue weighted by molar-refractivity contribution is 9.11. The Morgan fingerprint density at radius 1 is 1.21 bits per heavy atom. The van der Waals surface area contributed by atoms with Gasteiger partial charge in [-0.1, -0.05) is 22.0 Å². The lowest BCUT2D eigenvalue weighted by molar-refractivity contribution is 0.102. The molecule has 1 amide bonds. The highest BCUT2D eigenvalue weighted by Gasteiger charge is 2.12. The van der Waals surface area contributed by atoms with Crippen molar-refractivity contribution >= 4 is 49.1 Å². The number of hydrogen-bond acceptors (Lipinski definition) is 2. The maximum absolute atomic E-state index is 12.2. The van der Waals surface area contributed by atoms with Gasteiger partial charge in [0, 0.05) is 20.3 Å². The highest BCUT2D eigenvalue weighted by atomic mass is 79.9. The zero-order valence-corrected chi connectivity index (χ0v) is 13.4. The van der Waals surface area contributed by atoms with Crippen LogP contribution in [0.5, 0.6) is 0 Å². The first-order chi connectivity index (χ1) is 8.99. The summed E-state index contributed by atoms with van der Waals surface area (Å²) in [5, 5.41) is 2.86. The predicted molar refractivity (Wildman–Crippen MR) is 85.4 cm³/mol. The number of halogens is 2. The number of nitrogen functional groups attached to an aromatic ring is 1. The average molecular weight is 384 g/mol. The fourth-order valence-electron chi connectivity index (χ4n) is 1.65. The summed E-state index contributed by atoms with van der Waals surface area (Å²) in [5.41, 5.74) is 8.64. The van der Waals surface area contributed by atoms with Crippen LogP contribution in [0.3, 0.4) is 0 Å². The zero-order chi connectivity index (χ0) is 14.0. The number of hydrogen-bond donors (Lipinski definition) is 2. The topological polar surface area (TPSA) is 55.1 Å². The van der Waals surface area contributed by atoms with Crippen molar-refractivity contribution in [3.63, 3.8) is 0 Å². The largest absolute Gasteiger partial charge is 0.398 e. The molecule has 0 aliphatic heterocycles. The lowest BCUT2D eigenvalue weighted by atomic mass is 10.1. The number of anilines is 2. The maximum atomic E-state index is 12.2. The van der Waals surface area contributed by atoms with Crippen LogP contribution in [-0.2, 0) is 0 Å². The standard InChI is InChI=1S/C14H12Br2N2O/c1-8-12(17)3-2-4-13(8)18-14(19)10-6-5-9(15)7-11(10)16/h2-7H,17H2,1H3,(H,18,19). The second-order valence-corrected chi connectivity index (χ2v) is 5.87. The number of carbonyl (C=O) groups is 1. The molecule has 0 aliphatic carbocycles. The van der Waals surface area contributed by atoms with Crippen molar-refractivity contribution in [3.05, 3.63) is 56.5 Å². The summed E-state index contributed by atoms with van der Waals surface area (Å²) in [5.74, 6) is -0.173. The summed E-state index contributed by atoms with van der Waals surface area (Å²) in [6.45, 7) is 1.88. The molecule has 0 aromatic heterocycles. The minimum atomic E-state index is -0.173. The third-order valence-corrected chi connectivity index (χ3v) is 3.95. The van der Waals surface area contributed by atoms with Crippen LogP contribution in [0.2, 0.25) is 0 Å². The molecular formula is C14H12Br2N2O. The van der Waals surface area contributed by atoms with Crippen molar-refractivity contribution in [3.8, 4) is 0 Å². The summed E-state index contributed by atoms with van der Waals surface area (Å²) in [6, 6.07) is 10.9. The van der Waals surface area contributed by atoms with Gasteiger partial charge in [0.15, 0.2) is 0 Å². The van der Waals surface area contributed by atoms with E-state index in [0.29, 0.717) is 11.3 Å². The van der Waals surface area contributed by atoms with Gasteiger partial charge < -0.3 is 11.1 Å². The monoisotopic (exact) mass is 382 g/mol. The van der Waals surface area contributed by atoms with Crippen molar-refractivity contribution < 1.29 is 4.79 Å². The van der Waals surface area contributed by atoms with Gasteiger partial charge in [0.1, 0.15) is 0 Å². The molecule has 0 radical (unpaired) electrons. The molecule has 0 saturated heterocycles. The molecule has 0 bridgehead atoms. The minimum Gasteiger partial charge on any atom is -0.398 e. The quantitative estimate of drug-likeness (QED) is 0.757. The molecule has 3 nitrogen and oxygen atoms in total. The Balaban J connectivity index is 2.28. The molecule has 2 aromatic carbocycles. The molecule has 0 atom stereocenters. The number of nitrogens with one attached hydrogen (secondary N) is 1. The molecule has 2 aromatic rings. The first-order valence-electron chi connectivity index (χ1n) is 5.60. The van der Waals surface area contributed by atoms with Crippen LogP contribution in [0.15, 0.2) is 45.3 Å². The molecule has 0 heterocycles. The Labute approximate surface area is 128 Å². The fraction of sp³-hybridized carbons (Fsp3) is 0.0714. The van der Waals surface area contributed by atoms with E-state index in [1.807, 2.05) is 31.2 Å². The molecule has 5 heteroatoms. The molecule has 0 saturated carbocycles. The van der Waals surface area contributed by atoms with Crippen molar-refractivity contribution in [1.82, 2.24) is 0 Å². The van der Waals surface area contributed by atoms with Gasteiger partial charge in [0.05, 0.1) is 5.56 Å². The van der Waals surface area contributed by atoms with Crippen molar-refractivity contribution in [2.75, 3.05) is 11.1 Å². The summed E-state index contributed by atoms with van der Waals surface area (Å²) < 4.78 is 1.65. The van der Waals surface area contributed by atoms with Gasteiger partial charge in [-0.25, -0.2) is 0 Å². The Hall–Kier alpha value is -1.33. The molecule has 0 aliphatic rings. The van der Waals surface area contributed by atoms with E-state index in [2.05, 4.69) is 37.2 Å². The van der Waals surface area contributed by atoms with Crippen LogP contribution in [0.4, 0.5) is 11.4 Å². The molecule has 0 fully saturated rings.